The second kappa shape index (κ2) is 23.5. The first-order chi connectivity index (χ1) is 28.5. The molecular weight excluding hydrogens is 777 g/mol. The van der Waals surface area contributed by atoms with Crippen molar-refractivity contribution in [3.8, 4) is 0 Å². The highest BCUT2D eigenvalue weighted by Gasteiger charge is 2.08. The number of aromatic nitrogens is 16. The molecular formula is C37H52N18OS2. The first-order valence-corrected chi connectivity index (χ1v) is 21.6. The number of anilines is 2. The van der Waals surface area contributed by atoms with Gasteiger partial charge < -0.3 is 30.6 Å². The second-order valence-corrected chi connectivity index (χ2v) is 15.1. The van der Waals surface area contributed by atoms with E-state index in [1.54, 1.807) is 66.1 Å². The molecule has 21 heteroatoms. The van der Waals surface area contributed by atoms with Crippen molar-refractivity contribution in [2.45, 2.75) is 102 Å². The summed E-state index contributed by atoms with van der Waals surface area (Å²) in [6.07, 6.45) is 22.8. The van der Waals surface area contributed by atoms with E-state index >= 15 is 0 Å². The Morgan fingerprint density at radius 3 is 1.84 bits per heavy atom. The average molecular weight is 829 g/mol. The largest absolute Gasteiger partial charge is 0.369 e. The number of nitrogens with one attached hydrogen (secondary N) is 5. The molecule has 0 aliphatic carbocycles. The molecule has 19 nitrogen and oxygen atoms in total. The normalized spacial score (nSPS) is 10.9. The second-order valence-electron chi connectivity index (χ2n) is 12.7. The lowest BCUT2D eigenvalue weighted by Crippen LogP contribution is -2.12. The number of aryl methyl sites for hydroxylation is 1. The van der Waals surface area contributed by atoms with E-state index in [9.17, 15) is 4.79 Å². The van der Waals surface area contributed by atoms with Crippen LogP contribution in [0.1, 0.15) is 85.5 Å². The van der Waals surface area contributed by atoms with Crippen LogP contribution in [0.4, 0.5) is 11.8 Å². The van der Waals surface area contributed by atoms with Crippen molar-refractivity contribution in [2.75, 3.05) is 29.1 Å². The van der Waals surface area contributed by atoms with E-state index in [0.29, 0.717) is 23.4 Å². The van der Waals surface area contributed by atoms with Crippen LogP contribution in [0.5, 0.6) is 0 Å². The summed E-state index contributed by atoms with van der Waals surface area (Å²) in [6, 6.07) is 0. The van der Waals surface area contributed by atoms with Crippen molar-refractivity contribution < 1.29 is 0 Å². The Morgan fingerprint density at radius 1 is 0.655 bits per heavy atom. The van der Waals surface area contributed by atoms with Gasteiger partial charge in [-0.15, -0.1) is 23.5 Å². The number of nitrogen functional groups attached to an aromatic ring is 1. The van der Waals surface area contributed by atoms with E-state index in [-0.39, 0.29) is 11.5 Å². The predicted octanol–water partition coefficient (Wildman–Crippen LogP) is 6.95. The first kappa shape index (κ1) is 43.4. The maximum Gasteiger partial charge on any atom is 0.280 e. The first-order valence-electron chi connectivity index (χ1n) is 19.6. The van der Waals surface area contributed by atoms with Crippen LogP contribution in [0.3, 0.4) is 0 Å². The number of hydrogen-bond donors (Lipinski definition) is 6. The molecule has 0 aliphatic heterocycles. The molecule has 308 valence electrons. The van der Waals surface area contributed by atoms with Gasteiger partial charge in [-0.1, -0.05) is 65.7 Å². The zero-order valence-electron chi connectivity index (χ0n) is 33.4. The van der Waals surface area contributed by atoms with Crippen molar-refractivity contribution in [2.24, 2.45) is 0 Å². The summed E-state index contributed by atoms with van der Waals surface area (Å²) < 4.78 is 1.76. The summed E-state index contributed by atoms with van der Waals surface area (Å²) in [4.78, 5) is 67.8. The molecule has 0 aromatic carbocycles. The number of unbranched alkanes of at least 4 members (excludes halogenated alkanes) is 7. The van der Waals surface area contributed by atoms with Crippen LogP contribution in [-0.4, -0.2) is 97.4 Å². The standard InChI is InChI=1S/C12H18N4S.C11H17N5.C7H9N5O.C7H8N4S/c1-2-3-4-5-6-7-17-12-10-11(14-8-13-10)15-9-16-12;1-2-3-4-5-6-12-10-9-11(14-7-13-9)16-8-15-10;1-2-12-3-9-4-5(12)10-7(8)11-6(4)13;1-2-12-7-5-6(9-3-8-5)10-4-11-7/h8-9H,2-7H2,1H3,(H,13,14,15,16);7-8H,2-6H2,1H3,(H2,12,13,14,15,16);3H,2H2,1H3,(H3,8,10,11,13);3-4H,2H2,1H3,(H,8,9,10,11). The lowest BCUT2D eigenvalue weighted by atomic mass is 10.2. The van der Waals surface area contributed by atoms with Gasteiger partial charge in [-0.05, 0) is 31.3 Å². The fourth-order valence-electron chi connectivity index (χ4n) is 5.58. The molecule has 0 fully saturated rings. The molecule has 8 aromatic heterocycles. The van der Waals surface area contributed by atoms with E-state index in [1.165, 1.54) is 64.1 Å². The summed E-state index contributed by atoms with van der Waals surface area (Å²) in [5, 5.41) is 5.30. The molecule has 0 unspecified atom stereocenters. The number of nitrogens with two attached hydrogens (primary N) is 1. The molecule has 58 heavy (non-hydrogen) atoms. The lowest BCUT2D eigenvalue weighted by Gasteiger charge is -2.05. The van der Waals surface area contributed by atoms with Crippen molar-refractivity contribution in [3.63, 3.8) is 0 Å². The number of thioether (sulfide) groups is 2. The van der Waals surface area contributed by atoms with Crippen molar-refractivity contribution >= 4 is 79.9 Å². The number of hydrogen-bond acceptors (Lipinski definition) is 16. The van der Waals surface area contributed by atoms with Gasteiger partial charge in [0.1, 0.15) is 45.6 Å². The van der Waals surface area contributed by atoms with Crippen LogP contribution < -0.4 is 16.6 Å². The van der Waals surface area contributed by atoms with Gasteiger partial charge in [0.2, 0.25) is 5.95 Å². The summed E-state index contributed by atoms with van der Waals surface area (Å²) in [7, 11) is 0. The van der Waals surface area contributed by atoms with Gasteiger partial charge in [-0.25, -0.2) is 49.8 Å². The number of fused-ring (bicyclic) bond motifs is 4. The Hall–Kier alpha value is -5.70. The maximum atomic E-state index is 11.3. The van der Waals surface area contributed by atoms with E-state index in [1.807, 2.05) is 6.92 Å². The van der Waals surface area contributed by atoms with Crippen molar-refractivity contribution in [1.82, 2.24) is 79.3 Å². The van der Waals surface area contributed by atoms with Crippen molar-refractivity contribution in [1.29, 1.82) is 0 Å². The SMILES string of the molecule is CCCCCCCSc1ncnc2nc[nH]c12.CCCCCCNc1ncnc2nc[nH]c12.CCSc1ncnc2nc[nH]c12.CCn1cnc2c(=O)[nH]c(N)nc21. The molecule has 7 N–H and O–H groups in total. The number of nitrogens with zero attached hydrogens (tertiary/aromatic N) is 12. The predicted molar refractivity (Wildman–Crippen MR) is 232 cm³/mol. The smallest absolute Gasteiger partial charge is 0.280 e. The molecule has 0 amide bonds. The molecule has 8 rings (SSSR count). The molecule has 0 aliphatic rings. The highest BCUT2D eigenvalue weighted by atomic mass is 32.2. The monoisotopic (exact) mass is 828 g/mol. The van der Waals surface area contributed by atoms with Gasteiger partial charge in [0.15, 0.2) is 33.9 Å². The summed E-state index contributed by atoms with van der Waals surface area (Å²) >= 11 is 3.48. The van der Waals surface area contributed by atoms with Crippen LogP contribution in [0.15, 0.2) is 59.1 Å². The molecule has 0 saturated heterocycles. The molecule has 0 atom stereocenters. The minimum absolute atomic E-state index is 0.118. The van der Waals surface area contributed by atoms with Crippen LogP contribution in [0, 0.1) is 0 Å². The number of rotatable bonds is 16. The van der Waals surface area contributed by atoms with Crippen LogP contribution >= 0.6 is 23.5 Å². The molecule has 0 saturated carbocycles. The van der Waals surface area contributed by atoms with Gasteiger partial charge in [-0.3, -0.25) is 9.78 Å². The Kier molecular flexibility index (Phi) is 17.6. The molecule has 0 radical (unpaired) electrons. The van der Waals surface area contributed by atoms with Gasteiger partial charge in [-0.2, -0.15) is 4.98 Å². The van der Waals surface area contributed by atoms with Gasteiger partial charge in [0.05, 0.1) is 25.3 Å². The number of H-pyrrole nitrogens is 4. The number of aromatic amines is 4. The van der Waals surface area contributed by atoms with Crippen LogP contribution in [0.2, 0.25) is 0 Å². The highest BCUT2D eigenvalue weighted by Crippen LogP contribution is 2.23. The highest BCUT2D eigenvalue weighted by molar-refractivity contribution is 7.99. The van der Waals surface area contributed by atoms with Crippen LogP contribution in [-0.2, 0) is 6.54 Å². The van der Waals surface area contributed by atoms with Crippen LogP contribution in [0.25, 0.3) is 44.7 Å². The van der Waals surface area contributed by atoms with Gasteiger partial charge >= 0.3 is 0 Å². The van der Waals surface area contributed by atoms with Gasteiger partial charge in [0, 0.05) is 13.1 Å². The average Bonchev–Trinajstić information content (AvgIpc) is 4.07. The lowest BCUT2D eigenvalue weighted by molar-refractivity contribution is 0.659. The quantitative estimate of drug-likeness (QED) is 0.0327. The topological polar surface area (TPSA) is 265 Å². The summed E-state index contributed by atoms with van der Waals surface area (Å²) in [5.41, 5.74) is 11.0. The van der Waals surface area contributed by atoms with Crippen molar-refractivity contribution in [3.05, 3.63) is 54.6 Å². The summed E-state index contributed by atoms with van der Waals surface area (Å²) in [5.74, 6) is 3.09. The van der Waals surface area contributed by atoms with E-state index in [2.05, 4.69) is 101 Å². The Balaban J connectivity index is 0.000000149. The fraction of sp³-hybridized carbons (Fsp3) is 0.459. The Morgan fingerprint density at radius 2 is 1.22 bits per heavy atom. The molecule has 0 spiro atoms. The minimum atomic E-state index is -0.297. The fourth-order valence-corrected chi connectivity index (χ4v) is 7.22. The van der Waals surface area contributed by atoms with E-state index in [4.69, 9.17) is 5.73 Å². The number of imidazole rings is 4. The van der Waals surface area contributed by atoms with E-state index < -0.39 is 0 Å². The maximum absolute atomic E-state index is 11.3. The van der Waals surface area contributed by atoms with E-state index in [0.717, 1.165) is 61.8 Å². The zero-order chi connectivity index (χ0) is 41.0. The zero-order valence-corrected chi connectivity index (χ0v) is 35.0. The summed E-state index contributed by atoms with van der Waals surface area (Å²) in [6.45, 7) is 10.2. The minimum Gasteiger partial charge on any atom is -0.369 e. The Bertz CT molecular complexity index is 2460. The van der Waals surface area contributed by atoms with Gasteiger partial charge in [0.25, 0.3) is 5.56 Å². The molecule has 0 bridgehead atoms. The third kappa shape index (κ3) is 12.4. The molecule has 8 heterocycles. The molecule has 8 aromatic rings. The third-order valence-electron chi connectivity index (χ3n) is 8.52. The Labute approximate surface area is 344 Å². The third-order valence-corrected chi connectivity index (χ3v) is 10.5.